The zero-order valence-corrected chi connectivity index (χ0v) is 20.0. The lowest BCUT2D eigenvalue weighted by atomic mass is 10.2. The molecular weight excluding hydrogens is 460 g/mol. The topological polar surface area (TPSA) is 111 Å². The molecule has 0 radical (unpaired) electrons. The van der Waals surface area contributed by atoms with Gasteiger partial charge in [0.2, 0.25) is 17.8 Å². The average Bonchev–Trinajstić information content (AvgIpc) is 3.54. The molecule has 1 aliphatic heterocycles. The smallest absolute Gasteiger partial charge is 0.235 e. The lowest BCUT2D eigenvalue weighted by molar-refractivity contribution is 0.311. The van der Waals surface area contributed by atoms with E-state index in [1.54, 1.807) is 11.3 Å². The van der Waals surface area contributed by atoms with E-state index >= 15 is 0 Å². The predicted molar refractivity (Wildman–Crippen MR) is 140 cm³/mol. The summed E-state index contributed by atoms with van der Waals surface area (Å²) in [5.41, 5.74) is 5.69. The summed E-state index contributed by atoms with van der Waals surface area (Å²) in [5.74, 6) is 2.17. The molecule has 3 N–H and O–H groups in total. The van der Waals surface area contributed by atoms with E-state index in [0.29, 0.717) is 23.7 Å². The number of fused-ring (bicyclic) bond motifs is 1. The van der Waals surface area contributed by atoms with Crippen LogP contribution >= 0.6 is 11.3 Å². The minimum absolute atomic E-state index is 0.432. The van der Waals surface area contributed by atoms with Crippen LogP contribution in [0.4, 0.5) is 29.4 Å². The molecule has 1 aliphatic rings. The van der Waals surface area contributed by atoms with Gasteiger partial charge in [-0.25, -0.2) is 4.98 Å². The van der Waals surface area contributed by atoms with Crippen LogP contribution in [0.5, 0.6) is 0 Å². The van der Waals surface area contributed by atoms with Crippen molar-refractivity contribution in [3.05, 3.63) is 60.1 Å². The zero-order valence-electron chi connectivity index (χ0n) is 19.1. The van der Waals surface area contributed by atoms with Gasteiger partial charge in [0.15, 0.2) is 5.82 Å². The molecule has 0 amide bonds. The number of anilines is 5. The minimum Gasteiger partial charge on any atom is -0.338 e. The van der Waals surface area contributed by atoms with E-state index in [0.717, 1.165) is 53.3 Å². The molecule has 0 bridgehead atoms. The fourth-order valence-electron chi connectivity index (χ4n) is 3.95. The summed E-state index contributed by atoms with van der Waals surface area (Å²) >= 11 is 1.60. The van der Waals surface area contributed by atoms with Crippen molar-refractivity contribution in [1.29, 1.82) is 0 Å². The van der Waals surface area contributed by atoms with E-state index in [1.165, 1.54) is 0 Å². The highest BCUT2D eigenvalue weighted by atomic mass is 32.1. The van der Waals surface area contributed by atoms with E-state index in [2.05, 4.69) is 53.7 Å². The zero-order chi connectivity index (χ0) is 23.6. The summed E-state index contributed by atoms with van der Waals surface area (Å²) in [7, 11) is 2.13. The summed E-state index contributed by atoms with van der Waals surface area (Å²) in [6.07, 6.45) is 0. The van der Waals surface area contributed by atoms with E-state index in [9.17, 15) is 0 Å². The Hall–Kier alpha value is -4.09. The van der Waals surface area contributed by atoms with Crippen molar-refractivity contribution in [3.63, 3.8) is 0 Å². The lowest BCUT2D eigenvalue weighted by Gasteiger charge is -2.32. The summed E-state index contributed by atoms with van der Waals surface area (Å²) < 4.78 is 1.10. The molecule has 0 unspecified atom stereocenters. The first kappa shape index (κ1) is 21.4. The van der Waals surface area contributed by atoms with Crippen molar-refractivity contribution in [2.45, 2.75) is 0 Å². The molecule has 6 rings (SSSR count). The fraction of sp³-hybridized carbons (Fsp3) is 0.208. The molecule has 5 aromatic rings. The molecule has 0 atom stereocenters. The Morgan fingerprint density at radius 3 is 2.51 bits per heavy atom. The number of rotatable bonds is 6. The van der Waals surface area contributed by atoms with Gasteiger partial charge in [-0.05, 0) is 30.8 Å². The Bertz CT molecular complexity index is 1440. The van der Waals surface area contributed by atoms with Crippen LogP contribution in [-0.4, -0.2) is 68.3 Å². The van der Waals surface area contributed by atoms with Gasteiger partial charge in [-0.1, -0.05) is 30.3 Å². The van der Waals surface area contributed by atoms with Crippen LogP contribution in [0, 0.1) is 0 Å². The number of piperazine rings is 1. The van der Waals surface area contributed by atoms with Crippen molar-refractivity contribution in [2.75, 3.05) is 48.8 Å². The number of aromatic nitrogens is 6. The quantitative estimate of drug-likeness (QED) is 0.328. The molecule has 4 heterocycles. The monoisotopic (exact) mass is 484 g/mol. The molecule has 1 fully saturated rings. The first-order valence-corrected chi connectivity index (χ1v) is 12.3. The fourth-order valence-corrected chi connectivity index (χ4v) is 4.67. The second-order valence-corrected chi connectivity index (χ2v) is 9.28. The summed E-state index contributed by atoms with van der Waals surface area (Å²) in [6, 6.07) is 18.0. The molecule has 10 nitrogen and oxygen atoms in total. The van der Waals surface area contributed by atoms with Gasteiger partial charge in [0.25, 0.3) is 0 Å². The van der Waals surface area contributed by atoms with Gasteiger partial charge in [-0.3, -0.25) is 5.10 Å². The highest BCUT2D eigenvalue weighted by Gasteiger charge is 2.19. The molecule has 0 spiro atoms. The number of aromatic amines is 1. The third-order valence-corrected chi connectivity index (χ3v) is 6.69. The molecule has 0 aliphatic carbocycles. The van der Waals surface area contributed by atoms with Gasteiger partial charge < -0.3 is 20.4 Å². The summed E-state index contributed by atoms with van der Waals surface area (Å²) in [5, 5.41) is 14.1. The van der Waals surface area contributed by atoms with Crippen molar-refractivity contribution in [1.82, 2.24) is 35.0 Å². The lowest BCUT2D eigenvalue weighted by Crippen LogP contribution is -2.45. The largest absolute Gasteiger partial charge is 0.338 e. The van der Waals surface area contributed by atoms with Crippen LogP contribution in [0.1, 0.15) is 0 Å². The summed E-state index contributed by atoms with van der Waals surface area (Å²) in [6.45, 7) is 3.62. The van der Waals surface area contributed by atoms with Crippen LogP contribution in [0.2, 0.25) is 0 Å². The molecule has 0 saturated carbocycles. The number of hydrogen-bond acceptors (Lipinski definition) is 10. The second-order valence-electron chi connectivity index (χ2n) is 8.39. The van der Waals surface area contributed by atoms with Crippen molar-refractivity contribution in [2.24, 2.45) is 0 Å². The van der Waals surface area contributed by atoms with E-state index in [-0.39, 0.29) is 0 Å². The SMILES string of the molecule is CN1CCN(c2nc(Nc3ccc4ncsc4c3)nc(Nc3cc(-c4ccccc4)[nH]n3)n2)CC1. The predicted octanol–water partition coefficient (Wildman–Crippen LogP) is 4.11. The number of thiazole rings is 1. The molecular formula is C24H24N10S. The van der Waals surface area contributed by atoms with Crippen LogP contribution < -0.4 is 15.5 Å². The number of hydrogen-bond donors (Lipinski definition) is 3. The maximum Gasteiger partial charge on any atom is 0.235 e. The Balaban J connectivity index is 1.30. The van der Waals surface area contributed by atoms with Gasteiger partial charge >= 0.3 is 0 Å². The molecule has 1 saturated heterocycles. The van der Waals surface area contributed by atoms with Crippen LogP contribution in [0.15, 0.2) is 60.1 Å². The third kappa shape index (κ3) is 4.77. The molecule has 2 aromatic carbocycles. The second kappa shape index (κ2) is 9.28. The highest BCUT2D eigenvalue weighted by Crippen LogP contribution is 2.26. The van der Waals surface area contributed by atoms with Crippen molar-refractivity contribution < 1.29 is 0 Å². The van der Waals surface area contributed by atoms with Gasteiger partial charge in [0.05, 0.1) is 21.4 Å². The number of benzene rings is 2. The Labute approximate surface area is 206 Å². The highest BCUT2D eigenvalue weighted by molar-refractivity contribution is 7.16. The number of nitrogens with zero attached hydrogens (tertiary/aromatic N) is 7. The van der Waals surface area contributed by atoms with Crippen LogP contribution in [0.3, 0.4) is 0 Å². The minimum atomic E-state index is 0.432. The average molecular weight is 485 g/mol. The normalized spacial score (nSPS) is 14.4. The third-order valence-electron chi connectivity index (χ3n) is 5.90. The first-order chi connectivity index (χ1) is 17.2. The number of H-pyrrole nitrogens is 1. The van der Waals surface area contributed by atoms with Gasteiger partial charge in [0.1, 0.15) is 0 Å². The maximum atomic E-state index is 4.73. The molecule has 3 aromatic heterocycles. The van der Waals surface area contributed by atoms with E-state index in [1.807, 2.05) is 54.0 Å². The van der Waals surface area contributed by atoms with Crippen LogP contribution in [-0.2, 0) is 0 Å². The summed E-state index contributed by atoms with van der Waals surface area (Å²) in [4.78, 5) is 22.9. The molecule has 35 heavy (non-hydrogen) atoms. The standard InChI is InChI=1S/C24H24N10S/c1-33-9-11-34(12-10-33)24-29-22(26-17-7-8-18-20(13-17)35-15-25-18)28-23(30-24)27-21-14-19(31-32-21)16-5-3-2-4-6-16/h2-8,13-15H,9-12H2,1H3,(H3,26,27,28,29,30,31,32). The number of nitrogens with one attached hydrogen (secondary N) is 3. The first-order valence-electron chi connectivity index (χ1n) is 11.4. The Morgan fingerprint density at radius 2 is 1.69 bits per heavy atom. The van der Waals surface area contributed by atoms with E-state index < -0.39 is 0 Å². The van der Waals surface area contributed by atoms with Gasteiger partial charge in [-0.15, -0.1) is 11.3 Å². The van der Waals surface area contributed by atoms with Crippen molar-refractivity contribution >= 4 is 50.9 Å². The van der Waals surface area contributed by atoms with Gasteiger partial charge in [0, 0.05) is 37.9 Å². The van der Waals surface area contributed by atoms with Crippen molar-refractivity contribution in [3.8, 4) is 11.3 Å². The molecule has 176 valence electrons. The van der Waals surface area contributed by atoms with Crippen LogP contribution in [0.25, 0.3) is 21.5 Å². The number of likely N-dealkylation sites (N-methyl/N-ethyl adjacent to an activating group) is 1. The maximum absolute atomic E-state index is 4.73. The molecule has 11 heteroatoms. The van der Waals surface area contributed by atoms with Gasteiger partial charge in [-0.2, -0.15) is 20.1 Å². The Morgan fingerprint density at radius 1 is 0.886 bits per heavy atom. The Kier molecular flexibility index (Phi) is 5.68. The van der Waals surface area contributed by atoms with E-state index in [4.69, 9.17) is 9.97 Å².